The van der Waals surface area contributed by atoms with Crippen LogP contribution in [0, 0.1) is 17.6 Å². The van der Waals surface area contributed by atoms with Crippen molar-refractivity contribution in [3.8, 4) is 5.75 Å². The second-order valence-corrected chi connectivity index (χ2v) is 9.07. The molecule has 34 heavy (non-hydrogen) atoms. The number of hydrogen-bond donors (Lipinski definition) is 1. The molecule has 0 saturated carbocycles. The number of urea groups is 1. The van der Waals surface area contributed by atoms with E-state index in [4.69, 9.17) is 4.74 Å². The molecule has 4 rings (SSSR count). The Labute approximate surface area is 198 Å². The van der Waals surface area contributed by atoms with Gasteiger partial charge in [0.15, 0.2) is 11.6 Å². The lowest BCUT2D eigenvalue weighted by atomic mass is 9.75. The van der Waals surface area contributed by atoms with E-state index < -0.39 is 17.2 Å². The topological polar surface area (TPSA) is 61.9 Å². The van der Waals surface area contributed by atoms with E-state index >= 15 is 0 Å². The van der Waals surface area contributed by atoms with Crippen molar-refractivity contribution >= 4 is 11.9 Å². The van der Waals surface area contributed by atoms with Gasteiger partial charge in [-0.25, -0.2) is 13.6 Å². The molecule has 182 valence electrons. The zero-order chi connectivity index (χ0) is 24.3. The van der Waals surface area contributed by atoms with Crippen LogP contribution in [0.3, 0.4) is 0 Å². The summed E-state index contributed by atoms with van der Waals surface area (Å²) in [6, 6.07) is 11.5. The number of nitrogens with one attached hydrogen (secondary N) is 1. The maximum Gasteiger partial charge on any atom is 0.325 e. The van der Waals surface area contributed by atoms with Gasteiger partial charge in [0.05, 0.1) is 7.11 Å². The molecule has 2 aliphatic rings. The molecule has 0 unspecified atom stereocenters. The van der Waals surface area contributed by atoms with Gasteiger partial charge in [0.25, 0.3) is 5.91 Å². The monoisotopic (exact) mass is 471 g/mol. The number of rotatable bonds is 8. The van der Waals surface area contributed by atoms with Crippen molar-refractivity contribution < 1.29 is 23.1 Å². The highest BCUT2D eigenvalue weighted by atomic mass is 19.2. The van der Waals surface area contributed by atoms with Gasteiger partial charge < -0.3 is 10.1 Å². The summed E-state index contributed by atoms with van der Waals surface area (Å²) < 4.78 is 32.8. The fourth-order valence-electron chi connectivity index (χ4n) is 5.18. The van der Waals surface area contributed by atoms with E-state index in [9.17, 15) is 18.4 Å². The summed E-state index contributed by atoms with van der Waals surface area (Å²) >= 11 is 0. The largest absolute Gasteiger partial charge is 0.497 e. The molecule has 2 aliphatic heterocycles. The number of carbonyl (C=O) groups excluding carboxylic acids is 2. The Bertz CT molecular complexity index is 1040. The molecule has 6 nitrogen and oxygen atoms in total. The van der Waals surface area contributed by atoms with Crippen molar-refractivity contribution in [1.29, 1.82) is 0 Å². The highest BCUT2D eigenvalue weighted by Gasteiger charge is 2.54. The van der Waals surface area contributed by atoms with E-state index in [0.29, 0.717) is 57.4 Å². The third-order valence-corrected chi connectivity index (χ3v) is 7.25. The molecule has 0 spiro atoms. The van der Waals surface area contributed by atoms with E-state index in [1.807, 2.05) is 31.2 Å². The summed E-state index contributed by atoms with van der Waals surface area (Å²) in [5.74, 6) is -1.06. The molecule has 0 radical (unpaired) electrons. The van der Waals surface area contributed by atoms with Crippen LogP contribution in [0.4, 0.5) is 13.6 Å². The van der Waals surface area contributed by atoms with Crippen molar-refractivity contribution in [2.75, 3.05) is 26.7 Å². The molecule has 0 aliphatic carbocycles. The van der Waals surface area contributed by atoms with E-state index in [1.54, 1.807) is 13.2 Å². The third-order valence-electron chi connectivity index (χ3n) is 7.25. The predicted octanol–water partition coefficient (Wildman–Crippen LogP) is 4.13. The van der Waals surface area contributed by atoms with Crippen LogP contribution < -0.4 is 10.1 Å². The van der Waals surface area contributed by atoms with Crippen LogP contribution in [0.1, 0.15) is 37.3 Å². The Morgan fingerprint density at radius 3 is 2.44 bits per heavy atom. The number of halogens is 2. The number of hydrogen-bond acceptors (Lipinski definition) is 4. The molecule has 2 aromatic carbocycles. The molecule has 2 saturated heterocycles. The normalized spacial score (nSPS) is 21.7. The van der Waals surface area contributed by atoms with Crippen molar-refractivity contribution in [2.24, 2.45) is 5.92 Å². The highest BCUT2D eigenvalue weighted by molar-refractivity contribution is 6.07. The van der Waals surface area contributed by atoms with Crippen molar-refractivity contribution in [1.82, 2.24) is 15.1 Å². The van der Waals surface area contributed by atoms with Crippen LogP contribution in [-0.4, -0.2) is 54.0 Å². The molecule has 8 heteroatoms. The first-order chi connectivity index (χ1) is 16.4. The van der Waals surface area contributed by atoms with Crippen LogP contribution in [0.5, 0.6) is 5.75 Å². The number of nitrogens with zero attached hydrogens (tertiary/aromatic N) is 2. The van der Waals surface area contributed by atoms with Gasteiger partial charge in [0, 0.05) is 18.7 Å². The third kappa shape index (κ3) is 4.64. The summed E-state index contributed by atoms with van der Waals surface area (Å²) in [6.07, 6.45) is 2.48. The first kappa shape index (κ1) is 24.1. The Kier molecular flexibility index (Phi) is 7.16. The summed E-state index contributed by atoms with van der Waals surface area (Å²) in [4.78, 5) is 29.7. The smallest absolute Gasteiger partial charge is 0.325 e. The van der Waals surface area contributed by atoms with Gasteiger partial charge in [-0.15, -0.1) is 0 Å². The zero-order valence-corrected chi connectivity index (χ0v) is 19.7. The number of methoxy groups -OCH3 is 1. The van der Waals surface area contributed by atoms with Crippen molar-refractivity contribution in [2.45, 2.75) is 44.7 Å². The van der Waals surface area contributed by atoms with E-state index in [-0.39, 0.29) is 17.9 Å². The average Bonchev–Trinajstić information content (AvgIpc) is 3.11. The quantitative estimate of drug-likeness (QED) is 0.588. The Morgan fingerprint density at radius 1 is 1.09 bits per heavy atom. The molecule has 2 fully saturated rings. The minimum atomic E-state index is -0.910. The number of piperidine rings is 1. The van der Waals surface area contributed by atoms with Crippen molar-refractivity contribution in [3.63, 3.8) is 0 Å². The van der Waals surface area contributed by atoms with Gasteiger partial charge in [0.2, 0.25) is 0 Å². The lowest BCUT2D eigenvalue weighted by Crippen LogP contribution is -2.55. The number of benzene rings is 2. The van der Waals surface area contributed by atoms with E-state index in [0.717, 1.165) is 17.4 Å². The first-order valence-electron chi connectivity index (χ1n) is 11.8. The number of carbonyl (C=O) groups is 2. The molecule has 1 N–H and O–H groups in total. The molecular formula is C26H31F2N3O3. The molecule has 0 aromatic heterocycles. The number of imide groups is 1. The predicted molar refractivity (Wildman–Crippen MR) is 124 cm³/mol. The molecule has 0 bridgehead atoms. The SMILES string of the molecule is CC[C@]1(C2CCN(Cc3cccc(F)c3F)CC2)NC(=O)N(CCc2ccc(OC)cc2)C1=O. The van der Waals surface area contributed by atoms with E-state index in [2.05, 4.69) is 10.2 Å². The zero-order valence-electron chi connectivity index (χ0n) is 19.7. The molecule has 2 aromatic rings. The van der Waals surface area contributed by atoms with Crippen LogP contribution >= 0.6 is 0 Å². The molecule has 1 atom stereocenters. The van der Waals surface area contributed by atoms with Crippen molar-refractivity contribution in [3.05, 3.63) is 65.2 Å². The Morgan fingerprint density at radius 2 is 1.79 bits per heavy atom. The average molecular weight is 472 g/mol. The summed E-state index contributed by atoms with van der Waals surface area (Å²) in [7, 11) is 1.61. The minimum Gasteiger partial charge on any atom is -0.497 e. The number of amides is 3. The Hall–Kier alpha value is -3.00. The fraction of sp³-hybridized carbons (Fsp3) is 0.462. The van der Waals surface area contributed by atoms with Gasteiger partial charge in [-0.05, 0) is 68.5 Å². The molecule has 2 heterocycles. The van der Waals surface area contributed by atoms with Gasteiger partial charge in [-0.2, -0.15) is 0 Å². The molecular weight excluding hydrogens is 440 g/mol. The van der Waals surface area contributed by atoms with Gasteiger partial charge in [-0.1, -0.05) is 31.2 Å². The molecule has 3 amide bonds. The number of ether oxygens (including phenoxy) is 1. The lowest BCUT2D eigenvalue weighted by Gasteiger charge is -2.40. The van der Waals surface area contributed by atoms with Crippen LogP contribution in [0.15, 0.2) is 42.5 Å². The summed E-state index contributed by atoms with van der Waals surface area (Å²) in [6.45, 7) is 3.87. The fourth-order valence-corrected chi connectivity index (χ4v) is 5.18. The second kappa shape index (κ2) is 10.1. The summed E-state index contributed by atoms with van der Waals surface area (Å²) in [5.41, 5.74) is 0.444. The first-order valence-corrected chi connectivity index (χ1v) is 11.8. The van der Waals surface area contributed by atoms with Crippen LogP contribution in [0.2, 0.25) is 0 Å². The number of likely N-dealkylation sites (tertiary alicyclic amines) is 1. The lowest BCUT2D eigenvalue weighted by molar-refractivity contribution is -0.134. The van der Waals surface area contributed by atoms with Crippen LogP contribution in [-0.2, 0) is 17.8 Å². The minimum absolute atomic E-state index is 0.00598. The standard InChI is InChI=1S/C26H31F2N3O3/c1-3-26(20-12-14-30(15-13-20)17-19-5-4-6-22(27)23(19)28)24(32)31(25(33)29-26)16-11-18-7-9-21(34-2)10-8-18/h4-10,20H,3,11-17H2,1-2H3,(H,29,33)/t26-/m1/s1. The van der Waals surface area contributed by atoms with Crippen LogP contribution in [0.25, 0.3) is 0 Å². The van der Waals surface area contributed by atoms with E-state index in [1.165, 1.54) is 11.0 Å². The van der Waals surface area contributed by atoms with Gasteiger partial charge in [0.1, 0.15) is 11.3 Å². The maximum atomic E-state index is 14.1. The maximum absolute atomic E-state index is 14.1. The second-order valence-electron chi connectivity index (χ2n) is 9.07. The van der Waals surface area contributed by atoms with Gasteiger partial charge in [-0.3, -0.25) is 14.6 Å². The highest BCUT2D eigenvalue weighted by Crippen LogP contribution is 2.36. The van der Waals surface area contributed by atoms with Gasteiger partial charge >= 0.3 is 6.03 Å². The summed E-state index contributed by atoms with van der Waals surface area (Å²) in [5, 5.41) is 3.01. The Balaban J connectivity index is 1.38.